The minimum absolute atomic E-state index is 0.123. The lowest BCUT2D eigenvalue weighted by Gasteiger charge is -2.25. The maximum absolute atomic E-state index is 12.5. The maximum atomic E-state index is 12.5. The highest BCUT2D eigenvalue weighted by molar-refractivity contribution is 5.83. The molecule has 2 N–H and O–H groups in total. The summed E-state index contributed by atoms with van der Waals surface area (Å²) >= 11 is 0. The number of H-pyrrole nitrogens is 2. The summed E-state index contributed by atoms with van der Waals surface area (Å²) in [5.41, 5.74) is 0.596. The van der Waals surface area contributed by atoms with Gasteiger partial charge in [0.2, 0.25) is 0 Å². The van der Waals surface area contributed by atoms with Crippen LogP contribution in [0.5, 0.6) is 0 Å². The van der Waals surface area contributed by atoms with Gasteiger partial charge in [-0.25, -0.2) is 4.79 Å². The fraction of sp³-hybridized carbons (Fsp3) is 0.476. The van der Waals surface area contributed by atoms with Crippen molar-refractivity contribution < 1.29 is 28.4 Å². The zero-order chi connectivity index (χ0) is 23.3. The van der Waals surface area contributed by atoms with Crippen molar-refractivity contribution in [3.8, 4) is 11.3 Å². The lowest BCUT2D eigenvalue weighted by atomic mass is 10.0. The van der Waals surface area contributed by atoms with Gasteiger partial charge in [0.1, 0.15) is 24.0 Å². The molecule has 1 aromatic heterocycles. The highest BCUT2D eigenvalue weighted by atomic mass is 16.9. The van der Waals surface area contributed by atoms with Crippen LogP contribution in [0, 0.1) is 6.92 Å². The van der Waals surface area contributed by atoms with E-state index in [0.717, 1.165) is 0 Å². The summed E-state index contributed by atoms with van der Waals surface area (Å²) in [6.45, 7) is 0.252. The summed E-state index contributed by atoms with van der Waals surface area (Å²) in [4.78, 5) is 42.0. The molecule has 12 nitrogen and oxygen atoms in total. The first kappa shape index (κ1) is 21.9. The summed E-state index contributed by atoms with van der Waals surface area (Å²) in [6.07, 6.45) is -1.75. The summed E-state index contributed by atoms with van der Waals surface area (Å²) < 4.78 is 34.9. The SMILES string of the molecule is COC1O[C@H]([C@H]2COC(OC)O2)[C@H](Cn2c3cc(=O)c(C)cc-3cc3c(=O)[nH]c(=O)[nH]c32)O1. The molecule has 2 unspecified atom stereocenters. The molecule has 4 heterocycles. The van der Waals surface area contributed by atoms with Crippen LogP contribution in [0.4, 0.5) is 0 Å². The van der Waals surface area contributed by atoms with E-state index in [1.807, 2.05) is 0 Å². The largest absolute Gasteiger partial charge is 0.333 e. The number of aromatic nitrogens is 3. The van der Waals surface area contributed by atoms with E-state index in [1.54, 1.807) is 23.6 Å². The topological polar surface area (TPSA) is 143 Å². The average molecular weight is 461 g/mol. The first-order chi connectivity index (χ1) is 15.9. The van der Waals surface area contributed by atoms with E-state index in [1.165, 1.54) is 20.3 Å². The first-order valence-electron chi connectivity index (χ1n) is 10.3. The van der Waals surface area contributed by atoms with E-state index in [-0.39, 0.29) is 29.6 Å². The zero-order valence-electron chi connectivity index (χ0n) is 18.2. The van der Waals surface area contributed by atoms with Gasteiger partial charge < -0.3 is 33.0 Å². The maximum Gasteiger partial charge on any atom is 0.327 e. The van der Waals surface area contributed by atoms with Crippen molar-refractivity contribution in [2.75, 3.05) is 20.8 Å². The molecular weight excluding hydrogens is 438 g/mol. The fourth-order valence-corrected chi connectivity index (χ4v) is 4.27. The summed E-state index contributed by atoms with van der Waals surface area (Å²) in [5, 5.41) is 0.263. The van der Waals surface area contributed by atoms with Crippen LogP contribution in [0.3, 0.4) is 0 Å². The highest BCUT2D eigenvalue weighted by Crippen LogP contribution is 2.32. The molecule has 2 fully saturated rings. The number of aryl methyl sites for hydroxylation is 1. The molecule has 0 bridgehead atoms. The molecule has 1 aliphatic carbocycles. The molecular formula is C21H23N3O9. The number of methoxy groups -OCH3 is 2. The second kappa shape index (κ2) is 8.48. The monoisotopic (exact) mass is 461 g/mol. The van der Waals surface area contributed by atoms with E-state index in [0.29, 0.717) is 16.8 Å². The molecule has 176 valence electrons. The molecule has 0 saturated carbocycles. The Morgan fingerprint density at radius 1 is 1.03 bits per heavy atom. The average Bonchev–Trinajstić information content (AvgIpc) is 3.42. The number of nitrogens with one attached hydrogen (secondary N) is 2. The van der Waals surface area contributed by atoms with Gasteiger partial charge in [0, 0.05) is 20.3 Å². The summed E-state index contributed by atoms with van der Waals surface area (Å²) in [5.74, 6) is 0. The fourth-order valence-electron chi connectivity index (χ4n) is 4.27. The Balaban J connectivity index is 1.63. The van der Waals surface area contributed by atoms with Crippen LogP contribution in [0.2, 0.25) is 0 Å². The van der Waals surface area contributed by atoms with Gasteiger partial charge in [-0.15, -0.1) is 0 Å². The molecule has 4 aliphatic rings. The van der Waals surface area contributed by atoms with Crippen molar-refractivity contribution >= 4 is 11.0 Å². The number of fused-ring (bicyclic) bond motifs is 2. The number of rotatable bonds is 5. The second-order valence-corrected chi connectivity index (χ2v) is 7.93. The van der Waals surface area contributed by atoms with Crippen LogP contribution < -0.4 is 16.7 Å². The first-order valence-corrected chi connectivity index (χ1v) is 10.3. The van der Waals surface area contributed by atoms with Crippen LogP contribution in [0.1, 0.15) is 5.56 Å². The van der Waals surface area contributed by atoms with Gasteiger partial charge >= 0.3 is 5.69 Å². The smallest absolute Gasteiger partial charge is 0.327 e. The summed E-state index contributed by atoms with van der Waals surface area (Å²) in [6, 6.07) is 4.82. The van der Waals surface area contributed by atoms with Crippen LogP contribution in [-0.2, 0) is 35.0 Å². The van der Waals surface area contributed by atoms with E-state index in [9.17, 15) is 14.4 Å². The molecule has 12 heteroatoms. The van der Waals surface area contributed by atoms with Crippen molar-refractivity contribution in [2.24, 2.45) is 0 Å². The molecule has 0 amide bonds. The highest BCUT2D eigenvalue weighted by Gasteiger charge is 2.46. The minimum Gasteiger partial charge on any atom is -0.333 e. The molecule has 0 spiro atoms. The molecule has 0 radical (unpaired) electrons. The standard InChI is InChI=1S/C21H23N3O9/c1-9-4-10-5-11-17(22-19(27)23-18(11)26)24(12(10)6-13(9)25)7-14-16(33-21(29-3)31-14)15-8-30-20(28-2)32-15/h4-6,14-16,20-21H,7-8H2,1-3H3,(H2,22,23,26,27)/t14-,15+,16-,20?,21?/m0/s1. The van der Waals surface area contributed by atoms with Gasteiger partial charge in [-0.1, -0.05) is 0 Å². The van der Waals surface area contributed by atoms with Crippen LogP contribution in [0.15, 0.2) is 32.6 Å². The normalized spacial score (nSPS) is 27.7. The second-order valence-electron chi connectivity index (χ2n) is 7.93. The number of aromatic amines is 2. The lowest BCUT2D eigenvalue weighted by molar-refractivity contribution is -0.246. The third-order valence-corrected chi connectivity index (χ3v) is 5.86. The number of nitrogens with zero attached hydrogens (tertiary/aromatic N) is 1. The molecule has 3 aliphatic heterocycles. The lowest BCUT2D eigenvalue weighted by Crippen LogP contribution is -2.40. The van der Waals surface area contributed by atoms with E-state index < -0.39 is 42.5 Å². The Kier molecular flexibility index (Phi) is 5.64. The van der Waals surface area contributed by atoms with Crippen molar-refractivity contribution in [1.82, 2.24) is 14.5 Å². The number of ether oxygens (including phenoxy) is 6. The number of hydrogen-bond donors (Lipinski definition) is 2. The Bertz CT molecular complexity index is 1330. The van der Waals surface area contributed by atoms with Gasteiger partial charge in [0.25, 0.3) is 18.5 Å². The third-order valence-electron chi connectivity index (χ3n) is 5.86. The van der Waals surface area contributed by atoms with Crippen molar-refractivity contribution in [3.63, 3.8) is 0 Å². The number of hydrogen-bond acceptors (Lipinski definition) is 9. The van der Waals surface area contributed by atoms with Gasteiger partial charge in [-0.3, -0.25) is 19.6 Å². The van der Waals surface area contributed by atoms with Crippen molar-refractivity contribution in [2.45, 2.75) is 44.7 Å². The number of benzene rings is 1. The Labute approximate surface area is 186 Å². The van der Waals surface area contributed by atoms with Crippen LogP contribution in [-0.4, -0.2) is 66.6 Å². The summed E-state index contributed by atoms with van der Waals surface area (Å²) in [7, 11) is 2.90. The van der Waals surface area contributed by atoms with E-state index in [4.69, 9.17) is 28.4 Å². The zero-order valence-corrected chi connectivity index (χ0v) is 18.2. The van der Waals surface area contributed by atoms with Gasteiger partial charge in [-0.2, -0.15) is 0 Å². The molecule has 2 saturated heterocycles. The molecule has 5 rings (SSSR count). The van der Waals surface area contributed by atoms with Crippen molar-refractivity contribution in [1.29, 1.82) is 0 Å². The quantitative estimate of drug-likeness (QED) is 0.496. The Hall–Kier alpha value is -2.87. The predicted octanol–water partition coefficient (Wildman–Crippen LogP) is -0.149. The molecule has 33 heavy (non-hydrogen) atoms. The van der Waals surface area contributed by atoms with Gasteiger partial charge in [0.15, 0.2) is 5.43 Å². The van der Waals surface area contributed by atoms with Crippen LogP contribution in [0.25, 0.3) is 22.3 Å². The number of pyridine rings is 1. The van der Waals surface area contributed by atoms with E-state index in [2.05, 4.69) is 9.97 Å². The minimum atomic E-state index is -0.952. The molecule has 5 atom stereocenters. The molecule has 0 aromatic carbocycles. The van der Waals surface area contributed by atoms with Gasteiger partial charge in [-0.05, 0) is 30.2 Å². The Morgan fingerprint density at radius 2 is 1.82 bits per heavy atom. The van der Waals surface area contributed by atoms with E-state index >= 15 is 0 Å². The molecule has 1 aromatic rings. The van der Waals surface area contributed by atoms with Gasteiger partial charge in [0.05, 0.1) is 24.2 Å². The van der Waals surface area contributed by atoms with Crippen molar-refractivity contribution in [3.05, 3.63) is 54.8 Å². The third kappa shape index (κ3) is 3.90. The van der Waals surface area contributed by atoms with Crippen LogP contribution >= 0.6 is 0 Å². The Morgan fingerprint density at radius 3 is 2.55 bits per heavy atom. The predicted molar refractivity (Wildman–Crippen MR) is 113 cm³/mol.